The molecule has 0 aromatic rings. The Morgan fingerprint density at radius 1 is 1.00 bits per heavy atom. The van der Waals surface area contributed by atoms with Crippen LogP contribution in [0, 0.1) is 17.8 Å². The van der Waals surface area contributed by atoms with Crippen molar-refractivity contribution in [2.75, 3.05) is 0 Å². The van der Waals surface area contributed by atoms with Crippen molar-refractivity contribution in [3.05, 3.63) is 0 Å². The topological polar surface area (TPSA) is 20.2 Å². The van der Waals surface area contributed by atoms with Crippen molar-refractivity contribution in [2.45, 2.75) is 91.1 Å². The van der Waals surface area contributed by atoms with E-state index in [1.54, 1.807) is 0 Å². The van der Waals surface area contributed by atoms with Gasteiger partial charge in [0.2, 0.25) is 0 Å². The lowest BCUT2D eigenvalue weighted by molar-refractivity contribution is 0.0612. The van der Waals surface area contributed by atoms with Crippen LogP contribution in [0.2, 0.25) is 0 Å². The predicted molar refractivity (Wildman–Crippen MR) is 79.7 cm³/mol. The summed E-state index contributed by atoms with van der Waals surface area (Å²) in [5.41, 5.74) is 0. The van der Waals surface area contributed by atoms with Crippen LogP contribution in [0.15, 0.2) is 0 Å². The molecule has 1 fully saturated rings. The van der Waals surface area contributed by atoms with Gasteiger partial charge < -0.3 is 5.11 Å². The molecule has 108 valence electrons. The molecule has 0 amide bonds. The van der Waals surface area contributed by atoms with Crippen LogP contribution in [0.4, 0.5) is 0 Å². The van der Waals surface area contributed by atoms with Crippen molar-refractivity contribution in [1.82, 2.24) is 0 Å². The first-order valence-electron chi connectivity index (χ1n) is 8.31. The SMILES string of the molecule is CCCCCC1CCC(C(O)CCC(C)C)CC1. The summed E-state index contributed by atoms with van der Waals surface area (Å²) in [6.07, 6.45) is 13.0. The number of hydrogen-bond acceptors (Lipinski definition) is 1. The summed E-state index contributed by atoms with van der Waals surface area (Å²) in [4.78, 5) is 0. The number of rotatable bonds is 8. The van der Waals surface area contributed by atoms with Gasteiger partial charge in [-0.15, -0.1) is 0 Å². The van der Waals surface area contributed by atoms with Gasteiger partial charge in [-0.1, -0.05) is 59.3 Å². The monoisotopic (exact) mass is 254 g/mol. The molecule has 1 atom stereocenters. The molecule has 0 aromatic carbocycles. The highest BCUT2D eigenvalue weighted by Crippen LogP contribution is 2.34. The number of aliphatic hydroxyl groups is 1. The van der Waals surface area contributed by atoms with Gasteiger partial charge >= 0.3 is 0 Å². The van der Waals surface area contributed by atoms with Gasteiger partial charge in [-0.2, -0.15) is 0 Å². The Labute approximate surface area is 114 Å². The Morgan fingerprint density at radius 3 is 2.22 bits per heavy atom. The molecule has 1 nitrogen and oxygen atoms in total. The second kappa shape index (κ2) is 8.96. The fourth-order valence-corrected chi connectivity index (χ4v) is 3.28. The van der Waals surface area contributed by atoms with Crippen LogP contribution in [-0.2, 0) is 0 Å². The highest BCUT2D eigenvalue weighted by Gasteiger charge is 2.25. The number of aliphatic hydroxyl groups excluding tert-OH is 1. The van der Waals surface area contributed by atoms with Crippen molar-refractivity contribution in [1.29, 1.82) is 0 Å². The van der Waals surface area contributed by atoms with Gasteiger partial charge in [0.05, 0.1) is 6.10 Å². The molecule has 1 unspecified atom stereocenters. The predicted octanol–water partition coefficient (Wildman–Crippen LogP) is 5.17. The van der Waals surface area contributed by atoms with Gasteiger partial charge in [0.15, 0.2) is 0 Å². The minimum absolute atomic E-state index is 0.0241. The van der Waals surface area contributed by atoms with E-state index in [1.807, 2.05) is 0 Å². The Kier molecular flexibility index (Phi) is 7.97. The van der Waals surface area contributed by atoms with Crippen LogP contribution in [0.3, 0.4) is 0 Å². The quantitative estimate of drug-likeness (QED) is 0.592. The molecule has 1 rings (SSSR count). The van der Waals surface area contributed by atoms with Gasteiger partial charge in [-0.25, -0.2) is 0 Å². The Bertz CT molecular complexity index is 192. The smallest absolute Gasteiger partial charge is 0.0568 e. The molecule has 0 bridgehead atoms. The summed E-state index contributed by atoms with van der Waals surface area (Å²) in [6, 6.07) is 0. The Morgan fingerprint density at radius 2 is 1.67 bits per heavy atom. The van der Waals surface area contributed by atoms with E-state index in [0.717, 1.165) is 18.3 Å². The van der Waals surface area contributed by atoms with E-state index in [2.05, 4.69) is 20.8 Å². The summed E-state index contributed by atoms with van der Waals surface area (Å²) in [7, 11) is 0. The summed E-state index contributed by atoms with van der Waals surface area (Å²) >= 11 is 0. The van der Waals surface area contributed by atoms with Crippen LogP contribution < -0.4 is 0 Å². The van der Waals surface area contributed by atoms with Crippen molar-refractivity contribution in [3.8, 4) is 0 Å². The molecule has 0 heterocycles. The Balaban J connectivity index is 2.14. The normalized spacial score (nSPS) is 26.5. The van der Waals surface area contributed by atoms with Gasteiger partial charge in [-0.3, -0.25) is 0 Å². The maximum absolute atomic E-state index is 10.2. The molecule has 1 heteroatoms. The summed E-state index contributed by atoms with van der Waals surface area (Å²) in [5, 5.41) is 10.2. The average molecular weight is 254 g/mol. The van der Waals surface area contributed by atoms with Gasteiger partial charge in [0.1, 0.15) is 0 Å². The van der Waals surface area contributed by atoms with E-state index in [1.165, 1.54) is 57.8 Å². The van der Waals surface area contributed by atoms with Crippen molar-refractivity contribution in [2.24, 2.45) is 17.8 Å². The second-order valence-corrected chi connectivity index (χ2v) is 6.82. The zero-order chi connectivity index (χ0) is 13.4. The minimum atomic E-state index is -0.0241. The lowest BCUT2D eigenvalue weighted by Gasteiger charge is -2.31. The van der Waals surface area contributed by atoms with Crippen molar-refractivity contribution in [3.63, 3.8) is 0 Å². The maximum atomic E-state index is 10.2. The Hall–Kier alpha value is -0.0400. The first-order chi connectivity index (χ1) is 8.63. The molecule has 0 aromatic heterocycles. The molecular weight excluding hydrogens is 220 g/mol. The summed E-state index contributed by atoms with van der Waals surface area (Å²) in [6.45, 7) is 6.77. The number of hydrogen-bond donors (Lipinski definition) is 1. The molecule has 1 aliphatic carbocycles. The lowest BCUT2D eigenvalue weighted by atomic mass is 9.76. The molecule has 0 spiro atoms. The van der Waals surface area contributed by atoms with E-state index < -0.39 is 0 Å². The molecule has 18 heavy (non-hydrogen) atoms. The molecule has 1 N–H and O–H groups in total. The molecule has 1 saturated carbocycles. The van der Waals surface area contributed by atoms with Crippen molar-refractivity contribution >= 4 is 0 Å². The van der Waals surface area contributed by atoms with E-state index in [9.17, 15) is 5.11 Å². The van der Waals surface area contributed by atoms with E-state index in [4.69, 9.17) is 0 Å². The molecule has 0 saturated heterocycles. The largest absolute Gasteiger partial charge is 0.393 e. The number of unbranched alkanes of at least 4 members (excludes halogenated alkanes) is 2. The third-order valence-electron chi connectivity index (χ3n) is 4.69. The first-order valence-corrected chi connectivity index (χ1v) is 8.31. The standard InChI is InChI=1S/C17H34O/c1-4-5-6-7-15-9-11-16(12-10-15)17(18)13-8-14(2)3/h14-18H,4-13H2,1-3H3. The summed E-state index contributed by atoms with van der Waals surface area (Å²) < 4.78 is 0. The van der Waals surface area contributed by atoms with Gasteiger partial charge in [0, 0.05) is 0 Å². The summed E-state index contributed by atoms with van der Waals surface area (Å²) in [5.74, 6) is 2.29. The van der Waals surface area contributed by atoms with Crippen LogP contribution in [0.1, 0.15) is 85.0 Å². The zero-order valence-electron chi connectivity index (χ0n) is 12.8. The molecule has 0 aliphatic heterocycles. The first kappa shape index (κ1) is 16.0. The molecular formula is C17H34O. The van der Waals surface area contributed by atoms with Crippen LogP contribution in [0.25, 0.3) is 0 Å². The fourth-order valence-electron chi connectivity index (χ4n) is 3.28. The van der Waals surface area contributed by atoms with Gasteiger partial charge in [0.25, 0.3) is 0 Å². The minimum Gasteiger partial charge on any atom is -0.393 e. The second-order valence-electron chi connectivity index (χ2n) is 6.82. The van der Waals surface area contributed by atoms with E-state index in [-0.39, 0.29) is 6.10 Å². The highest BCUT2D eigenvalue weighted by atomic mass is 16.3. The lowest BCUT2D eigenvalue weighted by Crippen LogP contribution is -2.26. The van der Waals surface area contributed by atoms with Crippen LogP contribution >= 0.6 is 0 Å². The average Bonchev–Trinajstić information content (AvgIpc) is 2.37. The third kappa shape index (κ3) is 6.22. The van der Waals surface area contributed by atoms with E-state index >= 15 is 0 Å². The fraction of sp³-hybridized carbons (Fsp3) is 1.00. The third-order valence-corrected chi connectivity index (χ3v) is 4.69. The maximum Gasteiger partial charge on any atom is 0.0568 e. The van der Waals surface area contributed by atoms with E-state index in [0.29, 0.717) is 5.92 Å². The zero-order valence-corrected chi connectivity index (χ0v) is 12.8. The molecule has 0 radical (unpaired) electrons. The van der Waals surface area contributed by atoms with Gasteiger partial charge in [-0.05, 0) is 43.4 Å². The molecule has 1 aliphatic rings. The van der Waals surface area contributed by atoms with Crippen LogP contribution in [-0.4, -0.2) is 11.2 Å². The van der Waals surface area contributed by atoms with Crippen LogP contribution in [0.5, 0.6) is 0 Å². The van der Waals surface area contributed by atoms with Crippen molar-refractivity contribution < 1.29 is 5.11 Å². The highest BCUT2D eigenvalue weighted by molar-refractivity contribution is 4.77.